The molecule has 2 fully saturated rings. The molecule has 0 amide bonds. The predicted molar refractivity (Wildman–Crippen MR) is 109 cm³/mol. The molecule has 0 bridgehead atoms. The van der Waals surface area contributed by atoms with Crippen molar-refractivity contribution < 1.29 is 5.11 Å². The highest BCUT2D eigenvalue weighted by molar-refractivity contribution is 6.92. The van der Waals surface area contributed by atoms with Crippen LogP contribution in [0.4, 0.5) is 0 Å². The maximum absolute atomic E-state index is 9.80. The maximum atomic E-state index is 9.80. The third-order valence-electron chi connectivity index (χ3n) is 6.76. The van der Waals surface area contributed by atoms with Gasteiger partial charge in [-0.15, -0.1) is 0 Å². The molecular formula is C21H35OSi2. The van der Waals surface area contributed by atoms with Crippen molar-refractivity contribution in [2.45, 2.75) is 93.7 Å². The minimum Gasteiger partial charge on any atom is -0.393 e. The quantitative estimate of drug-likeness (QED) is 0.536. The molecule has 133 valence electrons. The fourth-order valence-corrected chi connectivity index (χ4v) is 14.5. The molecule has 2 heterocycles. The summed E-state index contributed by atoms with van der Waals surface area (Å²) in [6.07, 6.45) is 9.45. The fourth-order valence-electron chi connectivity index (χ4n) is 5.15. The number of rotatable bonds is 6. The number of benzene rings is 1. The summed E-state index contributed by atoms with van der Waals surface area (Å²) in [5, 5.41) is 11.5. The van der Waals surface area contributed by atoms with E-state index in [0.29, 0.717) is 0 Å². The lowest BCUT2D eigenvalue weighted by atomic mass is 10.2. The first-order valence-corrected chi connectivity index (χ1v) is 14.9. The van der Waals surface area contributed by atoms with E-state index in [9.17, 15) is 5.11 Å². The van der Waals surface area contributed by atoms with Gasteiger partial charge in [0.15, 0.2) is 0 Å². The number of unbranched alkanes of at least 4 members (excludes halogenated alkanes) is 2. The van der Waals surface area contributed by atoms with Crippen LogP contribution in [0.5, 0.6) is 0 Å². The van der Waals surface area contributed by atoms with Gasteiger partial charge in [0.1, 0.15) is 0 Å². The first-order valence-electron chi connectivity index (χ1n) is 10.3. The van der Waals surface area contributed by atoms with Crippen LogP contribution in [0, 0.1) is 0 Å². The molecule has 0 atom stereocenters. The zero-order chi connectivity index (χ0) is 16.8. The van der Waals surface area contributed by atoms with Gasteiger partial charge in [-0.2, -0.15) is 0 Å². The standard InChI is InChI=1S/C21H35OSi2/c1-2-3-7-16-24(21-8-5-4-6-9-21)17-12-20(13-18-24)23-14-10-19(22)11-15-23/h4-6,8-9,19-20,22H,2-3,7,10-18H2,1H3. The van der Waals surface area contributed by atoms with Crippen molar-refractivity contribution in [1.82, 2.24) is 0 Å². The highest BCUT2D eigenvalue weighted by atomic mass is 28.3. The fraction of sp³-hybridized carbons (Fsp3) is 0.714. The molecule has 2 aliphatic heterocycles. The monoisotopic (exact) mass is 359 g/mol. The van der Waals surface area contributed by atoms with Gasteiger partial charge in [-0.3, -0.25) is 0 Å². The summed E-state index contributed by atoms with van der Waals surface area (Å²) >= 11 is 0. The smallest absolute Gasteiger partial charge is 0.0867 e. The van der Waals surface area contributed by atoms with E-state index in [-0.39, 0.29) is 14.9 Å². The topological polar surface area (TPSA) is 20.2 Å². The summed E-state index contributed by atoms with van der Waals surface area (Å²) in [5.41, 5.74) is 1.05. The van der Waals surface area contributed by atoms with Crippen LogP contribution >= 0.6 is 0 Å². The molecule has 0 unspecified atom stereocenters. The third-order valence-corrected chi connectivity index (χ3v) is 15.7. The Bertz CT molecular complexity index is 474. The Morgan fingerprint density at radius 3 is 2.29 bits per heavy atom. The second kappa shape index (κ2) is 8.82. The molecule has 0 saturated carbocycles. The van der Waals surface area contributed by atoms with Crippen LogP contribution in [0.1, 0.15) is 51.9 Å². The molecule has 1 radical (unpaired) electrons. The van der Waals surface area contributed by atoms with Gasteiger partial charge in [0, 0.05) is 0 Å². The Balaban J connectivity index is 1.64. The first kappa shape index (κ1) is 18.4. The van der Waals surface area contributed by atoms with E-state index in [4.69, 9.17) is 0 Å². The third kappa shape index (κ3) is 4.41. The van der Waals surface area contributed by atoms with E-state index in [0.717, 1.165) is 18.4 Å². The minimum absolute atomic E-state index is 0.0224. The Morgan fingerprint density at radius 2 is 1.67 bits per heavy atom. The lowest BCUT2D eigenvalue weighted by molar-refractivity contribution is 0.160. The predicted octanol–water partition coefficient (Wildman–Crippen LogP) is 5.35. The highest BCUT2D eigenvalue weighted by Crippen LogP contribution is 2.43. The van der Waals surface area contributed by atoms with Crippen molar-refractivity contribution in [3.63, 3.8) is 0 Å². The van der Waals surface area contributed by atoms with Gasteiger partial charge in [0.25, 0.3) is 0 Å². The maximum Gasteiger partial charge on any atom is 0.0867 e. The van der Waals surface area contributed by atoms with Crippen molar-refractivity contribution in [2.24, 2.45) is 0 Å². The van der Waals surface area contributed by atoms with Gasteiger partial charge >= 0.3 is 0 Å². The van der Waals surface area contributed by atoms with Crippen LogP contribution in [0.25, 0.3) is 0 Å². The Morgan fingerprint density at radius 1 is 1.00 bits per heavy atom. The normalized spacial score (nSPS) is 29.7. The number of aliphatic hydroxyl groups is 1. The molecule has 1 aromatic carbocycles. The summed E-state index contributed by atoms with van der Waals surface area (Å²) in [6, 6.07) is 19.0. The summed E-state index contributed by atoms with van der Waals surface area (Å²) < 4.78 is 0. The molecule has 24 heavy (non-hydrogen) atoms. The van der Waals surface area contributed by atoms with Crippen LogP contribution in [-0.4, -0.2) is 28.1 Å². The molecule has 0 aromatic heterocycles. The molecular weight excluding hydrogens is 324 g/mol. The summed E-state index contributed by atoms with van der Waals surface area (Å²) in [5.74, 6) is 0. The van der Waals surface area contributed by atoms with Gasteiger partial charge in [0.2, 0.25) is 0 Å². The highest BCUT2D eigenvalue weighted by Gasteiger charge is 2.41. The van der Waals surface area contributed by atoms with E-state index < -0.39 is 8.07 Å². The Labute approximate surface area is 151 Å². The number of hydrogen-bond donors (Lipinski definition) is 1. The molecule has 0 spiro atoms. The SMILES string of the molecule is CCCCC[Si]1(c2ccccc2)CCC([Si]2CCC(O)CC2)CC1. The van der Waals surface area contributed by atoms with Gasteiger partial charge in [-0.1, -0.05) is 105 Å². The molecule has 3 rings (SSSR count). The summed E-state index contributed by atoms with van der Waals surface area (Å²) in [7, 11) is -1.42. The largest absolute Gasteiger partial charge is 0.393 e. The van der Waals surface area contributed by atoms with E-state index in [1.54, 1.807) is 17.3 Å². The Kier molecular flexibility index (Phi) is 6.76. The van der Waals surface area contributed by atoms with Gasteiger partial charge in [-0.05, 0) is 18.4 Å². The zero-order valence-corrected chi connectivity index (χ0v) is 17.5. The van der Waals surface area contributed by atoms with Crippen LogP contribution in [-0.2, 0) is 0 Å². The van der Waals surface area contributed by atoms with Crippen LogP contribution in [0.2, 0.25) is 35.8 Å². The van der Waals surface area contributed by atoms with Crippen molar-refractivity contribution in [3.8, 4) is 0 Å². The van der Waals surface area contributed by atoms with Gasteiger partial charge < -0.3 is 5.11 Å². The van der Waals surface area contributed by atoms with Gasteiger partial charge in [-0.25, -0.2) is 0 Å². The molecule has 2 aliphatic rings. The lowest BCUT2D eigenvalue weighted by Crippen LogP contribution is -2.50. The summed E-state index contributed by atoms with van der Waals surface area (Å²) in [4.78, 5) is 0. The van der Waals surface area contributed by atoms with Crippen LogP contribution < -0.4 is 5.19 Å². The van der Waals surface area contributed by atoms with Crippen molar-refractivity contribution in [1.29, 1.82) is 0 Å². The summed E-state index contributed by atoms with van der Waals surface area (Å²) in [6.45, 7) is 2.33. The van der Waals surface area contributed by atoms with E-state index in [2.05, 4.69) is 37.3 Å². The molecule has 2 saturated heterocycles. The second-order valence-electron chi connectivity index (χ2n) is 8.27. The average molecular weight is 360 g/mol. The second-order valence-corrected chi connectivity index (χ2v) is 16.0. The molecule has 1 aromatic rings. The van der Waals surface area contributed by atoms with E-state index in [1.165, 1.54) is 50.2 Å². The average Bonchev–Trinajstić information content (AvgIpc) is 2.64. The first-order chi connectivity index (χ1) is 11.7. The van der Waals surface area contributed by atoms with Crippen LogP contribution in [0.15, 0.2) is 30.3 Å². The molecule has 0 aliphatic carbocycles. The van der Waals surface area contributed by atoms with E-state index >= 15 is 0 Å². The molecule has 1 N–H and O–H groups in total. The van der Waals surface area contributed by atoms with Gasteiger partial charge in [0.05, 0.1) is 23.0 Å². The number of hydrogen-bond acceptors (Lipinski definition) is 1. The lowest BCUT2D eigenvalue weighted by Gasteiger charge is -2.42. The zero-order valence-electron chi connectivity index (χ0n) is 15.5. The molecule has 3 heteroatoms. The minimum atomic E-state index is -1.25. The van der Waals surface area contributed by atoms with Crippen molar-refractivity contribution >= 4 is 22.1 Å². The number of aliphatic hydroxyl groups excluding tert-OH is 1. The van der Waals surface area contributed by atoms with Crippen molar-refractivity contribution in [3.05, 3.63) is 30.3 Å². The van der Waals surface area contributed by atoms with Crippen LogP contribution in [0.3, 0.4) is 0 Å². The Hall–Kier alpha value is -0.386. The molecule has 1 nitrogen and oxygen atoms in total. The van der Waals surface area contributed by atoms with Crippen molar-refractivity contribution in [2.75, 3.05) is 0 Å². The van der Waals surface area contributed by atoms with E-state index in [1.807, 2.05) is 0 Å².